The maximum absolute atomic E-state index is 14.3. The van der Waals surface area contributed by atoms with Gasteiger partial charge in [0.25, 0.3) is 0 Å². The van der Waals surface area contributed by atoms with Gasteiger partial charge in [0.2, 0.25) is 0 Å². The Bertz CT molecular complexity index is 1110. The summed E-state index contributed by atoms with van der Waals surface area (Å²) in [6, 6.07) is 21.4. The molecule has 0 saturated carbocycles. The van der Waals surface area contributed by atoms with Crippen molar-refractivity contribution in [1.29, 1.82) is 0 Å². The van der Waals surface area contributed by atoms with E-state index in [4.69, 9.17) is 0 Å². The van der Waals surface area contributed by atoms with E-state index in [-0.39, 0.29) is 12.3 Å². The molecule has 3 heteroatoms. The Balaban J connectivity index is 1.82. The molecule has 4 aromatic rings. The van der Waals surface area contributed by atoms with E-state index in [1.807, 2.05) is 84.4 Å². The van der Waals surface area contributed by atoms with Crippen LogP contribution in [-0.2, 0) is 6.54 Å². The molecule has 3 aromatic carbocycles. The van der Waals surface area contributed by atoms with E-state index in [0.29, 0.717) is 17.5 Å². The molecule has 1 heterocycles. The van der Waals surface area contributed by atoms with Gasteiger partial charge >= 0.3 is 0 Å². The number of carbonyl (C=O) groups is 1. The lowest BCUT2D eigenvalue weighted by molar-refractivity contribution is 0.104. The van der Waals surface area contributed by atoms with E-state index in [9.17, 15) is 9.18 Å². The van der Waals surface area contributed by atoms with Crippen molar-refractivity contribution in [2.45, 2.75) is 32.5 Å². The second-order valence-corrected chi connectivity index (χ2v) is 6.95. The van der Waals surface area contributed by atoms with Crippen LogP contribution in [0.25, 0.3) is 21.7 Å². The summed E-state index contributed by atoms with van der Waals surface area (Å²) in [6.07, 6.45) is 2.24. The molecule has 0 N–H and O–H groups in total. The van der Waals surface area contributed by atoms with E-state index in [1.54, 1.807) is 0 Å². The molecule has 136 valence electrons. The standard InChI is InChI=1S/C24H22FNO/c1-2-8-18(25)15-26-16-22(20-12-5-6-14-23(20)26)24(27)21-13-7-10-17-9-3-4-11-19(17)21/h3-7,9-14,16,18H,2,8,15H2,1H3. The fourth-order valence-corrected chi connectivity index (χ4v) is 3.77. The molecule has 1 aromatic heterocycles. The highest BCUT2D eigenvalue weighted by atomic mass is 19.1. The molecule has 0 aliphatic rings. The molecular formula is C24H22FNO. The maximum atomic E-state index is 14.3. The van der Waals surface area contributed by atoms with Crippen LogP contribution in [0.15, 0.2) is 72.9 Å². The number of ketones is 1. The molecule has 1 unspecified atom stereocenters. The summed E-state index contributed by atoms with van der Waals surface area (Å²) < 4.78 is 16.1. The SMILES string of the molecule is CCCC(F)Cn1cc(C(=O)c2cccc3ccccc23)c2ccccc21. The van der Waals surface area contributed by atoms with Crippen LogP contribution in [0.1, 0.15) is 35.7 Å². The van der Waals surface area contributed by atoms with E-state index in [1.165, 1.54) is 0 Å². The van der Waals surface area contributed by atoms with Crippen LogP contribution in [-0.4, -0.2) is 16.5 Å². The third-order valence-electron chi connectivity index (χ3n) is 5.06. The average Bonchev–Trinajstić information content (AvgIpc) is 3.06. The van der Waals surface area contributed by atoms with E-state index >= 15 is 0 Å². The Morgan fingerprint density at radius 1 is 0.926 bits per heavy atom. The van der Waals surface area contributed by atoms with Crippen molar-refractivity contribution in [3.05, 3.63) is 84.1 Å². The highest BCUT2D eigenvalue weighted by molar-refractivity contribution is 6.21. The minimum Gasteiger partial charge on any atom is -0.344 e. The first-order valence-electron chi connectivity index (χ1n) is 9.43. The van der Waals surface area contributed by atoms with Crippen LogP contribution in [0.3, 0.4) is 0 Å². The molecule has 27 heavy (non-hydrogen) atoms. The van der Waals surface area contributed by atoms with Gasteiger partial charge in [-0.2, -0.15) is 0 Å². The Labute approximate surface area is 158 Å². The van der Waals surface area contributed by atoms with Gasteiger partial charge in [0.15, 0.2) is 5.78 Å². The molecule has 0 saturated heterocycles. The summed E-state index contributed by atoms with van der Waals surface area (Å²) in [7, 11) is 0. The number of alkyl halides is 1. The predicted molar refractivity (Wildman–Crippen MR) is 109 cm³/mol. The van der Waals surface area contributed by atoms with Gasteiger partial charge < -0.3 is 4.57 Å². The maximum Gasteiger partial charge on any atom is 0.195 e. The number of hydrogen-bond donors (Lipinski definition) is 0. The van der Waals surface area contributed by atoms with Crippen LogP contribution in [0.5, 0.6) is 0 Å². The first kappa shape index (κ1) is 17.5. The van der Waals surface area contributed by atoms with Gasteiger partial charge in [0.05, 0.1) is 6.54 Å². The molecule has 4 rings (SSSR count). The Hall–Kier alpha value is -2.94. The van der Waals surface area contributed by atoms with Gasteiger partial charge in [-0.05, 0) is 23.3 Å². The minimum atomic E-state index is -0.911. The summed E-state index contributed by atoms with van der Waals surface area (Å²) in [6.45, 7) is 2.26. The minimum absolute atomic E-state index is 0.0207. The highest BCUT2D eigenvalue weighted by Gasteiger charge is 2.19. The quantitative estimate of drug-likeness (QED) is 0.378. The normalized spacial score (nSPS) is 12.5. The fraction of sp³-hybridized carbons (Fsp3) is 0.208. The topological polar surface area (TPSA) is 22.0 Å². The van der Waals surface area contributed by atoms with Crippen LogP contribution >= 0.6 is 0 Å². The molecule has 0 amide bonds. The van der Waals surface area contributed by atoms with Crippen molar-refractivity contribution >= 4 is 27.5 Å². The number of benzene rings is 3. The molecule has 2 nitrogen and oxygen atoms in total. The smallest absolute Gasteiger partial charge is 0.195 e. The van der Waals surface area contributed by atoms with Crippen molar-refractivity contribution in [1.82, 2.24) is 4.57 Å². The third kappa shape index (κ3) is 3.25. The highest BCUT2D eigenvalue weighted by Crippen LogP contribution is 2.27. The first-order valence-corrected chi connectivity index (χ1v) is 9.43. The predicted octanol–water partition coefficient (Wildman–Crippen LogP) is 6.16. The van der Waals surface area contributed by atoms with E-state index < -0.39 is 6.17 Å². The zero-order chi connectivity index (χ0) is 18.8. The van der Waals surface area contributed by atoms with Gasteiger partial charge in [-0.1, -0.05) is 74.0 Å². The van der Waals surface area contributed by atoms with Crippen molar-refractivity contribution in [2.75, 3.05) is 0 Å². The Morgan fingerprint density at radius 3 is 2.44 bits per heavy atom. The Morgan fingerprint density at radius 2 is 1.63 bits per heavy atom. The zero-order valence-electron chi connectivity index (χ0n) is 15.4. The van der Waals surface area contributed by atoms with E-state index in [0.717, 1.165) is 28.1 Å². The number of rotatable bonds is 6. The molecule has 0 radical (unpaired) electrons. The van der Waals surface area contributed by atoms with Gasteiger partial charge in [0, 0.05) is 28.2 Å². The van der Waals surface area contributed by atoms with Crippen LogP contribution < -0.4 is 0 Å². The first-order chi connectivity index (χ1) is 13.2. The fourth-order valence-electron chi connectivity index (χ4n) is 3.77. The number of para-hydroxylation sites is 1. The van der Waals surface area contributed by atoms with Crippen LogP contribution in [0.2, 0.25) is 0 Å². The number of aromatic nitrogens is 1. The molecular weight excluding hydrogens is 337 g/mol. The summed E-state index contributed by atoms with van der Waals surface area (Å²) in [5.74, 6) is -0.0207. The monoisotopic (exact) mass is 359 g/mol. The second kappa shape index (κ2) is 7.36. The zero-order valence-corrected chi connectivity index (χ0v) is 15.4. The third-order valence-corrected chi connectivity index (χ3v) is 5.06. The van der Waals surface area contributed by atoms with Crippen LogP contribution in [0.4, 0.5) is 4.39 Å². The second-order valence-electron chi connectivity index (χ2n) is 6.95. The van der Waals surface area contributed by atoms with Crippen molar-refractivity contribution < 1.29 is 9.18 Å². The van der Waals surface area contributed by atoms with Crippen molar-refractivity contribution in [2.24, 2.45) is 0 Å². The number of fused-ring (bicyclic) bond motifs is 2. The summed E-state index contributed by atoms with van der Waals surface area (Å²) in [5, 5.41) is 2.86. The molecule has 0 fully saturated rings. The summed E-state index contributed by atoms with van der Waals surface area (Å²) in [5.41, 5.74) is 2.21. The van der Waals surface area contributed by atoms with Gasteiger partial charge in [0.1, 0.15) is 6.17 Å². The van der Waals surface area contributed by atoms with Gasteiger partial charge in [-0.3, -0.25) is 4.79 Å². The largest absolute Gasteiger partial charge is 0.344 e. The molecule has 0 aliphatic heterocycles. The number of hydrogen-bond acceptors (Lipinski definition) is 1. The van der Waals surface area contributed by atoms with Gasteiger partial charge in [-0.15, -0.1) is 0 Å². The van der Waals surface area contributed by atoms with Crippen LogP contribution in [0, 0.1) is 0 Å². The molecule has 1 atom stereocenters. The number of nitrogens with zero attached hydrogens (tertiary/aromatic N) is 1. The summed E-state index contributed by atoms with van der Waals surface area (Å²) in [4.78, 5) is 13.4. The summed E-state index contributed by atoms with van der Waals surface area (Å²) >= 11 is 0. The van der Waals surface area contributed by atoms with Gasteiger partial charge in [-0.25, -0.2) is 4.39 Å². The number of carbonyl (C=O) groups excluding carboxylic acids is 1. The lowest BCUT2D eigenvalue weighted by Gasteiger charge is -2.09. The lowest BCUT2D eigenvalue weighted by Crippen LogP contribution is -2.10. The molecule has 0 aliphatic carbocycles. The molecule has 0 bridgehead atoms. The van der Waals surface area contributed by atoms with Crippen molar-refractivity contribution in [3.63, 3.8) is 0 Å². The van der Waals surface area contributed by atoms with E-state index in [2.05, 4.69) is 0 Å². The number of halogens is 1. The Kier molecular flexibility index (Phi) is 4.76. The average molecular weight is 359 g/mol. The lowest BCUT2D eigenvalue weighted by atomic mass is 9.97. The molecule has 0 spiro atoms. The van der Waals surface area contributed by atoms with Crippen molar-refractivity contribution in [3.8, 4) is 0 Å².